The summed E-state index contributed by atoms with van der Waals surface area (Å²) in [6.45, 7) is 2.38. The van der Waals surface area contributed by atoms with Crippen LogP contribution in [0.3, 0.4) is 0 Å². The van der Waals surface area contributed by atoms with Gasteiger partial charge >= 0.3 is 0 Å². The lowest BCUT2D eigenvalue weighted by molar-refractivity contribution is -0.690. The van der Waals surface area contributed by atoms with E-state index in [1.807, 2.05) is 31.2 Å². The van der Waals surface area contributed by atoms with Crippen molar-refractivity contribution in [3.8, 4) is 5.75 Å². The molecule has 0 spiro atoms. The number of carbonyl (C=O) groups excluding carboxylic acids is 1. The third-order valence-corrected chi connectivity index (χ3v) is 2.70. The Kier molecular flexibility index (Phi) is 5.68. The first kappa shape index (κ1) is 15.7. The Morgan fingerprint density at radius 1 is 1.15 bits per heavy atom. The van der Waals surface area contributed by atoms with E-state index in [9.17, 15) is 9.90 Å². The number of aliphatic carboxylic acids is 1. The van der Waals surface area contributed by atoms with Crippen LogP contribution in [-0.2, 0) is 17.9 Å². The molecule has 20 heavy (non-hydrogen) atoms. The van der Waals surface area contributed by atoms with Gasteiger partial charge in [0.25, 0.3) is 0 Å². The van der Waals surface area contributed by atoms with Gasteiger partial charge in [-0.2, -0.15) is 4.57 Å². The molecule has 2 aromatic rings. The summed E-state index contributed by atoms with van der Waals surface area (Å²) in [5.74, 6) is -0.409. The highest BCUT2D eigenvalue weighted by molar-refractivity contribution is 5.62. The van der Waals surface area contributed by atoms with Crippen LogP contribution in [0.4, 0.5) is 0 Å². The van der Waals surface area contributed by atoms with Crippen LogP contribution >= 0.6 is 0 Å². The Hall–Kier alpha value is -2.40. The molecule has 2 rings (SSSR count). The number of carbonyl (C=O) groups is 1. The number of hydrogen-bond donors (Lipinski definition) is 0. The van der Waals surface area contributed by atoms with Gasteiger partial charge in [0, 0.05) is 12.1 Å². The van der Waals surface area contributed by atoms with Gasteiger partial charge in [0.15, 0.2) is 18.9 Å². The summed E-state index contributed by atoms with van der Waals surface area (Å²) in [6, 6.07) is 11.6. The second kappa shape index (κ2) is 7.25. The van der Waals surface area contributed by atoms with Crippen molar-refractivity contribution in [1.82, 2.24) is 0 Å². The zero-order valence-corrected chi connectivity index (χ0v) is 11.2. The number of aryl methyl sites for hydroxylation is 1. The maximum Gasteiger partial charge on any atom is 0.187 e. The van der Waals surface area contributed by atoms with Crippen molar-refractivity contribution in [3.05, 3.63) is 59.9 Å². The van der Waals surface area contributed by atoms with Crippen LogP contribution in [-0.4, -0.2) is 11.4 Å². The molecule has 5 heteroatoms. The number of aromatic nitrogens is 1. The summed E-state index contributed by atoms with van der Waals surface area (Å²) in [5.41, 5.74) is 2.31. The van der Waals surface area contributed by atoms with Crippen LogP contribution in [0.5, 0.6) is 5.75 Å². The van der Waals surface area contributed by atoms with Crippen LogP contribution in [0.25, 0.3) is 0 Å². The smallest absolute Gasteiger partial charge is 0.187 e. The molecule has 1 aromatic heterocycles. The molecule has 0 aliphatic rings. The molecule has 0 bridgehead atoms. The van der Waals surface area contributed by atoms with Crippen molar-refractivity contribution in [2.24, 2.45) is 0 Å². The number of benzene rings is 1. The van der Waals surface area contributed by atoms with E-state index in [1.54, 1.807) is 24.5 Å². The Balaban J connectivity index is 0.00000200. The van der Waals surface area contributed by atoms with Crippen molar-refractivity contribution in [3.63, 3.8) is 0 Å². The first-order valence-corrected chi connectivity index (χ1v) is 6.01. The number of ether oxygens (including phenoxy) is 1. The van der Waals surface area contributed by atoms with Crippen LogP contribution in [0, 0.1) is 6.92 Å². The third-order valence-electron chi connectivity index (χ3n) is 2.70. The number of nitrogens with zero attached hydrogens (tertiary/aromatic N) is 1. The first-order chi connectivity index (χ1) is 9.13. The highest BCUT2D eigenvalue weighted by Gasteiger charge is 2.02. The molecule has 0 saturated heterocycles. The summed E-state index contributed by atoms with van der Waals surface area (Å²) in [5, 5.41) is 10.4. The first-order valence-electron chi connectivity index (χ1n) is 6.01. The SMILES string of the molecule is Cc1ccc(COc2cc[n+](CC(=O)[O-])cc2)cc1.O. The number of rotatable bonds is 5. The molecule has 106 valence electrons. The van der Waals surface area contributed by atoms with Gasteiger partial charge < -0.3 is 20.1 Å². The summed E-state index contributed by atoms with van der Waals surface area (Å²) in [6.07, 6.45) is 3.31. The zero-order valence-electron chi connectivity index (χ0n) is 11.2. The molecule has 0 amide bonds. The molecule has 0 aliphatic carbocycles. The number of hydrogen-bond acceptors (Lipinski definition) is 3. The average molecular weight is 275 g/mol. The van der Waals surface area contributed by atoms with E-state index in [1.165, 1.54) is 10.1 Å². The predicted molar refractivity (Wildman–Crippen MR) is 70.8 cm³/mol. The molecule has 1 aromatic carbocycles. The average Bonchev–Trinajstić information content (AvgIpc) is 2.39. The van der Waals surface area contributed by atoms with E-state index in [0.29, 0.717) is 12.4 Å². The van der Waals surface area contributed by atoms with E-state index in [2.05, 4.69) is 0 Å². The quantitative estimate of drug-likeness (QED) is 0.707. The fourth-order valence-corrected chi connectivity index (χ4v) is 1.65. The van der Waals surface area contributed by atoms with Gasteiger partial charge in [-0.05, 0) is 12.5 Å². The molecular formula is C15H17NO4. The largest absolute Gasteiger partial charge is 0.544 e. The minimum Gasteiger partial charge on any atom is -0.544 e. The molecule has 0 atom stereocenters. The molecular weight excluding hydrogens is 258 g/mol. The minimum atomic E-state index is -1.11. The maximum absolute atomic E-state index is 10.4. The van der Waals surface area contributed by atoms with Crippen molar-refractivity contribution in [2.45, 2.75) is 20.1 Å². The third kappa shape index (κ3) is 4.70. The van der Waals surface area contributed by atoms with Crippen LogP contribution < -0.4 is 14.4 Å². The lowest BCUT2D eigenvalue weighted by atomic mass is 10.2. The van der Waals surface area contributed by atoms with Gasteiger partial charge in [-0.25, -0.2) is 0 Å². The van der Waals surface area contributed by atoms with Crippen LogP contribution in [0.1, 0.15) is 11.1 Å². The molecule has 2 N–H and O–H groups in total. The molecule has 0 saturated carbocycles. The fourth-order valence-electron chi connectivity index (χ4n) is 1.65. The van der Waals surface area contributed by atoms with Gasteiger partial charge in [0.2, 0.25) is 0 Å². The van der Waals surface area contributed by atoms with E-state index >= 15 is 0 Å². The zero-order chi connectivity index (χ0) is 13.7. The van der Waals surface area contributed by atoms with Crippen LogP contribution in [0.15, 0.2) is 48.8 Å². The van der Waals surface area contributed by atoms with Crippen molar-refractivity contribution in [1.29, 1.82) is 0 Å². The van der Waals surface area contributed by atoms with Crippen molar-refractivity contribution >= 4 is 5.97 Å². The van der Waals surface area contributed by atoms with Gasteiger partial charge in [0.1, 0.15) is 18.3 Å². The second-order valence-electron chi connectivity index (χ2n) is 4.35. The summed E-state index contributed by atoms with van der Waals surface area (Å²) in [7, 11) is 0. The van der Waals surface area contributed by atoms with Crippen molar-refractivity contribution < 1.29 is 24.7 Å². The predicted octanol–water partition coefficient (Wildman–Crippen LogP) is -0.213. The summed E-state index contributed by atoms with van der Waals surface area (Å²) in [4.78, 5) is 10.4. The van der Waals surface area contributed by atoms with E-state index in [4.69, 9.17) is 4.74 Å². The van der Waals surface area contributed by atoms with Gasteiger partial charge in [-0.15, -0.1) is 0 Å². The molecule has 5 nitrogen and oxygen atoms in total. The van der Waals surface area contributed by atoms with E-state index in [-0.39, 0.29) is 12.0 Å². The summed E-state index contributed by atoms with van der Waals surface area (Å²) >= 11 is 0. The Bertz CT molecular complexity index is 549. The van der Waals surface area contributed by atoms with Gasteiger partial charge in [-0.1, -0.05) is 29.8 Å². The monoisotopic (exact) mass is 275 g/mol. The number of carboxylic acids is 1. The Labute approximate surface area is 117 Å². The molecule has 1 heterocycles. The highest BCUT2D eigenvalue weighted by Crippen LogP contribution is 2.10. The fraction of sp³-hybridized carbons (Fsp3) is 0.200. The summed E-state index contributed by atoms with van der Waals surface area (Å²) < 4.78 is 7.14. The number of pyridine rings is 1. The van der Waals surface area contributed by atoms with Gasteiger partial charge in [-0.3, -0.25) is 0 Å². The van der Waals surface area contributed by atoms with Gasteiger partial charge in [0.05, 0.1) is 0 Å². The molecule has 0 radical (unpaired) electrons. The standard InChI is InChI=1S/C15H15NO3.H2O/c1-12-2-4-13(5-3-12)11-19-14-6-8-16(9-7-14)10-15(17)18;/h2-9H,10-11H2,1H3;1H2. The normalized spacial score (nSPS) is 9.65. The minimum absolute atomic E-state index is 0. The Morgan fingerprint density at radius 3 is 2.30 bits per heavy atom. The molecule has 0 aliphatic heterocycles. The van der Waals surface area contributed by atoms with Crippen LogP contribution in [0.2, 0.25) is 0 Å². The number of carboxylic acid groups (broad SMARTS) is 1. The molecule has 0 fully saturated rings. The topological polar surface area (TPSA) is 84.7 Å². The lowest BCUT2D eigenvalue weighted by Crippen LogP contribution is -2.43. The van der Waals surface area contributed by atoms with E-state index in [0.717, 1.165) is 5.56 Å². The Morgan fingerprint density at radius 2 is 1.75 bits per heavy atom. The molecule has 0 unspecified atom stereocenters. The van der Waals surface area contributed by atoms with Crippen molar-refractivity contribution in [2.75, 3.05) is 0 Å². The highest BCUT2D eigenvalue weighted by atomic mass is 16.5. The maximum atomic E-state index is 10.4. The van der Waals surface area contributed by atoms with E-state index < -0.39 is 5.97 Å². The lowest BCUT2D eigenvalue weighted by Gasteiger charge is -2.06. The second-order valence-corrected chi connectivity index (χ2v) is 4.35.